The first kappa shape index (κ1) is 7.94. The number of hydrogen-bond acceptors (Lipinski definition) is 3. The van der Waals surface area contributed by atoms with Crippen molar-refractivity contribution >= 4 is 27.7 Å². The summed E-state index contributed by atoms with van der Waals surface area (Å²) in [6, 6.07) is 0. The molecule has 5 nitrogen and oxygen atoms in total. The SMILES string of the molecule is O=C(O)[AsH]S(=O)(=O)O. The van der Waals surface area contributed by atoms with Gasteiger partial charge in [-0.05, 0) is 0 Å². The van der Waals surface area contributed by atoms with E-state index in [4.69, 9.17) is 9.66 Å². The van der Waals surface area contributed by atoms with Gasteiger partial charge in [0.2, 0.25) is 0 Å². The number of hydrogen-bond donors (Lipinski definition) is 2. The summed E-state index contributed by atoms with van der Waals surface area (Å²) in [5.74, 6) is 0. The summed E-state index contributed by atoms with van der Waals surface area (Å²) in [7, 11) is -4.20. The first-order chi connectivity index (χ1) is 3.42. The summed E-state index contributed by atoms with van der Waals surface area (Å²) in [5.41, 5.74) is 0. The van der Waals surface area contributed by atoms with Gasteiger partial charge < -0.3 is 0 Å². The predicted molar refractivity (Wildman–Crippen MR) is 26.7 cm³/mol. The Kier molecular flexibility index (Phi) is 2.46. The van der Waals surface area contributed by atoms with E-state index in [1.54, 1.807) is 0 Å². The average molecular weight is 202 g/mol. The van der Waals surface area contributed by atoms with Crippen LogP contribution in [-0.2, 0) is 8.38 Å². The summed E-state index contributed by atoms with van der Waals surface area (Å²) in [5, 5.41) is 7.77. The molecule has 0 radical (unpaired) electrons. The van der Waals surface area contributed by atoms with Crippen LogP contribution in [0.15, 0.2) is 0 Å². The van der Waals surface area contributed by atoms with Gasteiger partial charge in [0, 0.05) is 0 Å². The van der Waals surface area contributed by atoms with Gasteiger partial charge in [0.15, 0.2) is 0 Å². The molecule has 0 aromatic heterocycles. The molecule has 0 aromatic carbocycles. The molecule has 0 aliphatic heterocycles. The van der Waals surface area contributed by atoms with E-state index in [0.29, 0.717) is 0 Å². The summed E-state index contributed by atoms with van der Waals surface area (Å²) in [6.07, 6.45) is 0. The van der Waals surface area contributed by atoms with Gasteiger partial charge in [-0.3, -0.25) is 0 Å². The molecular formula is CH3AsO5S. The Morgan fingerprint density at radius 2 is 1.88 bits per heavy atom. The number of carboxylic acid groups (broad SMARTS) is 1. The van der Waals surface area contributed by atoms with E-state index in [9.17, 15) is 13.2 Å². The van der Waals surface area contributed by atoms with Gasteiger partial charge >= 0.3 is 50.6 Å². The third-order valence-electron chi connectivity index (χ3n) is 0.216. The Labute approximate surface area is 51.1 Å². The van der Waals surface area contributed by atoms with E-state index >= 15 is 0 Å². The Bertz CT molecular complexity index is 179. The van der Waals surface area contributed by atoms with Gasteiger partial charge in [-0.15, -0.1) is 0 Å². The van der Waals surface area contributed by atoms with E-state index in [0.717, 1.165) is 0 Å². The zero-order valence-electron chi connectivity index (χ0n) is 3.53. The summed E-state index contributed by atoms with van der Waals surface area (Å²) >= 11 is -2.26. The normalized spacial score (nSPS) is 12.6. The van der Waals surface area contributed by atoms with E-state index < -0.39 is 27.7 Å². The molecule has 1 atom stereocenters. The second-order valence-electron chi connectivity index (χ2n) is 0.882. The zero-order chi connectivity index (χ0) is 6.78. The third-order valence-corrected chi connectivity index (χ3v) is 3.37. The van der Waals surface area contributed by atoms with Crippen LogP contribution in [0.25, 0.3) is 0 Å². The van der Waals surface area contributed by atoms with Crippen LogP contribution in [0.4, 0.5) is 4.79 Å². The Balaban J connectivity index is 3.95. The van der Waals surface area contributed by atoms with Gasteiger partial charge in [0.1, 0.15) is 0 Å². The summed E-state index contributed by atoms with van der Waals surface area (Å²) < 4.78 is 25.7. The van der Waals surface area contributed by atoms with Gasteiger partial charge in [-0.1, -0.05) is 0 Å². The summed E-state index contributed by atoms with van der Waals surface area (Å²) in [4.78, 5) is 9.53. The van der Waals surface area contributed by atoms with Gasteiger partial charge in [0.25, 0.3) is 0 Å². The molecular weight excluding hydrogens is 199 g/mol. The average Bonchev–Trinajstić information content (AvgIpc) is 1.21. The van der Waals surface area contributed by atoms with E-state index in [1.807, 2.05) is 0 Å². The molecule has 0 fully saturated rings. The van der Waals surface area contributed by atoms with Crippen molar-refractivity contribution in [2.75, 3.05) is 0 Å². The molecule has 0 spiro atoms. The van der Waals surface area contributed by atoms with Crippen molar-refractivity contribution in [3.63, 3.8) is 0 Å². The van der Waals surface area contributed by atoms with E-state index in [2.05, 4.69) is 0 Å². The molecule has 0 bridgehead atoms. The molecule has 0 rings (SSSR count). The first-order valence-electron chi connectivity index (χ1n) is 1.40. The molecule has 0 saturated carbocycles. The fraction of sp³-hybridized carbons (Fsp3) is 0. The number of rotatable bonds is 2. The van der Waals surface area contributed by atoms with Crippen molar-refractivity contribution in [3.05, 3.63) is 0 Å². The Hall–Kier alpha value is -0.0616. The fourth-order valence-electron chi connectivity index (χ4n) is 0.110. The van der Waals surface area contributed by atoms with Gasteiger partial charge in [0.05, 0.1) is 0 Å². The van der Waals surface area contributed by atoms with Crippen molar-refractivity contribution in [2.45, 2.75) is 0 Å². The van der Waals surface area contributed by atoms with Crippen LogP contribution in [0, 0.1) is 0 Å². The fourth-order valence-corrected chi connectivity index (χ4v) is 1.72. The third kappa shape index (κ3) is 5.94. The van der Waals surface area contributed by atoms with Crippen molar-refractivity contribution in [1.82, 2.24) is 0 Å². The van der Waals surface area contributed by atoms with Gasteiger partial charge in [-0.25, -0.2) is 0 Å². The van der Waals surface area contributed by atoms with E-state index in [-0.39, 0.29) is 0 Å². The second kappa shape index (κ2) is 2.48. The molecule has 0 amide bonds. The molecule has 0 saturated heterocycles. The van der Waals surface area contributed by atoms with Crippen LogP contribution in [0.3, 0.4) is 0 Å². The van der Waals surface area contributed by atoms with Crippen LogP contribution in [0.1, 0.15) is 0 Å². The van der Waals surface area contributed by atoms with Crippen molar-refractivity contribution in [3.8, 4) is 0 Å². The maximum atomic E-state index is 9.67. The molecule has 7 heteroatoms. The molecule has 8 heavy (non-hydrogen) atoms. The molecule has 0 heterocycles. The summed E-state index contributed by atoms with van der Waals surface area (Å²) in [6.45, 7) is 0. The van der Waals surface area contributed by atoms with Crippen LogP contribution in [-0.4, -0.2) is 37.4 Å². The zero-order valence-corrected chi connectivity index (χ0v) is 6.44. The molecule has 48 valence electrons. The predicted octanol–water partition coefficient (Wildman–Crippen LogP) is -1.10. The standard InChI is InChI=1S/CH3AsO5S/c3-1(4)2-8(5,6)7/h2H,(H,3,4)(H,5,6,7). The first-order valence-corrected chi connectivity index (χ1v) is 6.46. The van der Waals surface area contributed by atoms with Crippen molar-refractivity contribution in [2.24, 2.45) is 0 Å². The van der Waals surface area contributed by atoms with Crippen molar-refractivity contribution < 1.29 is 22.9 Å². The monoisotopic (exact) mass is 202 g/mol. The topological polar surface area (TPSA) is 91.7 Å². The maximum absolute atomic E-state index is 9.67. The van der Waals surface area contributed by atoms with Crippen LogP contribution >= 0.6 is 0 Å². The molecule has 1 unspecified atom stereocenters. The quantitative estimate of drug-likeness (QED) is 0.438. The second-order valence-corrected chi connectivity index (χ2v) is 7.47. The van der Waals surface area contributed by atoms with Crippen LogP contribution in [0.2, 0.25) is 0 Å². The number of carbonyl (C=O) groups is 1. The van der Waals surface area contributed by atoms with Crippen molar-refractivity contribution in [1.29, 1.82) is 0 Å². The molecule has 0 aliphatic carbocycles. The minimum absolute atomic E-state index is 1.44. The molecule has 0 aromatic rings. The Morgan fingerprint density at radius 1 is 1.50 bits per heavy atom. The molecule has 0 aliphatic rings. The van der Waals surface area contributed by atoms with Gasteiger partial charge in [-0.2, -0.15) is 0 Å². The minimum atomic E-state index is -4.20. The van der Waals surface area contributed by atoms with Crippen LogP contribution in [0.5, 0.6) is 0 Å². The molecule has 2 N–H and O–H groups in total. The van der Waals surface area contributed by atoms with E-state index in [1.165, 1.54) is 0 Å². The van der Waals surface area contributed by atoms with Crippen LogP contribution < -0.4 is 0 Å². The Morgan fingerprint density at radius 3 is 1.88 bits per heavy atom.